The van der Waals surface area contributed by atoms with E-state index in [1.54, 1.807) is 23.6 Å². The van der Waals surface area contributed by atoms with Gasteiger partial charge in [-0.05, 0) is 31.2 Å². The van der Waals surface area contributed by atoms with Gasteiger partial charge >= 0.3 is 0 Å². The Morgan fingerprint density at radius 1 is 1.32 bits per heavy atom. The standard InChI is InChI=1S/C16H15N3O2S/c1-11(16-17-6-8-22-16)18-13-3-2-4-14(9-13)19-15(20)12-5-7-21-10-12/h2-11,18H,1H3,(H,19,20)/t11-/m1/s1. The molecule has 0 aliphatic rings. The van der Waals surface area contributed by atoms with Gasteiger partial charge in [0.25, 0.3) is 5.91 Å². The maximum atomic E-state index is 12.0. The Hall–Kier alpha value is -2.60. The zero-order valence-electron chi connectivity index (χ0n) is 11.9. The number of nitrogens with zero attached hydrogens (tertiary/aromatic N) is 1. The third kappa shape index (κ3) is 3.35. The summed E-state index contributed by atoms with van der Waals surface area (Å²) in [5, 5.41) is 9.19. The highest BCUT2D eigenvalue weighted by Crippen LogP contribution is 2.23. The van der Waals surface area contributed by atoms with Crippen molar-refractivity contribution >= 4 is 28.6 Å². The van der Waals surface area contributed by atoms with Gasteiger partial charge in [-0.3, -0.25) is 4.79 Å². The first kappa shape index (κ1) is 14.3. The smallest absolute Gasteiger partial charge is 0.258 e. The molecule has 0 saturated carbocycles. The van der Waals surface area contributed by atoms with Gasteiger partial charge in [-0.25, -0.2) is 4.98 Å². The van der Waals surface area contributed by atoms with E-state index < -0.39 is 0 Å². The fourth-order valence-corrected chi connectivity index (χ4v) is 2.69. The molecule has 2 N–H and O–H groups in total. The van der Waals surface area contributed by atoms with E-state index in [1.807, 2.05) is 29.6 Å². The van der Waals surface area contributed by atoms with Gasteiger partial charge in [-0.1, -0.05) is 6.07 Å². The van der Waals surface area contributed by atoms with Crippen molar-refractivity contribution in [2.45, 2.75) is 13.0 Å². The molecule has 22 heavy (non-hydrogen) atoms. The van der Waals surface area contributed by atoms with Crippen LogP contribution in [0.15, 0.2) is 58.9 Å². The van der Waals surface area contributed by atoms with E-state index in [1.165, 1.54) is 12.5 Å². The number of carbonyl (C=O) groups excluding carboxylic acids is 1. The predicted octanol–water partition coefficient (Wildman–Crippen LogP) is 4.16. The summed E-state index contributed by atoms with van der Waals surface area (Å²) in [6, 6.07) is 9.32. The molecule has 1 aromatic carbocycles. The Morgan fingerprint density at radius 2 is 2.18 bits per heavy atom. The molecule has 3 aromatic rings. The van der Waals surface area contributed by atoms with Gasteiger partial charge in [-0.2, -0.15) is 0 Å². The first-order valence-electron chi connectivity index (χ1n) is 6.82. The SMILES string of the molecule is C[C@@H](Nc1cccc(NC(=O)c2ccoc2)c1)c1nccs1. The van der Waals surface area contributed by atoms with Crippen molar-refractivity contribution in [3.8, 4) is 0 Å². The van der Waals surface area contributed by atoms with Crippen molar-refractivity contribution in [2.75, 3.05) is 10.6 Å². The molecule has 5 nitrogen and oxygen atoms in total. The second-order valence-corrected chi connectivity index (χ2v) is 5.71. The van der Waals surface area contributed by atoms with Crippen LogP contribution in [-0.2, 0) is 0 Å². The summed E-state index contributed by atoms with van der Waals surface area (Å²) < 4.78 is 4.91. The molecule has 0 aliphatic heterocycles. The van der Waals surface area contributed by atoms with Crippen molar-refractivity contribution in [3.63, 3.8) is 0 Å². The lowest BCUT2D eigenvalue weighted by Crippen LogP contribution is -2.11. The number of anilines is 2. The number of carbonyl (C=O) groups is 1. The summed E-state index contributed by atoms with van der Waals surface area (Å²) in [6.07, 6.45) is 4.68. The van der Waals surface area contributed by atoms with Crippen LogP contribution in [-0.4, -0.2) is 10.9 Å². The molecule has 0 radical (unpaired) electrons. The summed E-state index contributed by atoms with van der Waals surface area (Å²) >= 11 is 1.61. The lowest BCUT2D eigenvalue weighted by molar-refractivity contribution is 0.102. The van der Waals surface area contributed by atoms with Crippen LogP contribution >= 0.6 is 11.3 Å². The predicted molar refractivity (Wildman–Crippen MR) is 87.3 cm³/mol. The Kier molecular flexibility index (Phi) is 4.20. The Bertz CT molecular complexity index is 739. The molecule has 3 rings (SSSR count). The van der Waals surface area contributed by atoms with Gasteiger partial charge in [-0.15, -0.1) is 11.3 Å². The molecule has 2 aromatic heterocycles. The van der Waals surface area contributed by atoms with Crippen molar-refractivity contribution in [1.29, 1.82) is 0 Å². The highest BCUT2D eigenvalue weighted by molar-refractivity contribution is 7.09. The molecule has 112 valence electrons. The average Bonchev–Trinajstić information content (AvgIpc) is 3.21. The molecule has 2 heterocycles. The zero-order chi connectivity index (χ0) is 15.4. The molecule has 0 aliphatic carbocycles. The second kappa shape index (κ2) is 6.44. The van der Waals surface area contributed by atoms with Crippen LogP contribution in [0.4, 0.5) is 11.4 Å². The largest absolute Gasteiger partial charge is 0.472 e. The van der Waals surface area contributed by atoms with Gasteiger partial charge in [0.15, 0.2) is 0 Å². The molecular formula is C16H15N3O2S. The molecule has 0 unspecified atom stereocenters. The summed E-state index contributed by atoms with van der Waals surface area (Å²) in [6.45, 7) is 2.05. The van der Waals surface area contributed by atoms with E-state index in [0.29, 0.717) is 5.56 Å². The average molecular weight is 313 g/mol. The number of rotatable bonds is 5. The van der Waals surface area contributed by atoms with Crippen LogP contribution in [0, 0.1) is 0 Å². The Morgan fingerprint density at radius 3 is 2.91 bits per heavy atom. The maximum absolute atomic E-state index is 12.0. The van der Waals surface area contributed by atoms with Crippen molar-refractivity contribution in [1.82, 2.24) is 4.98 Å². The summed E-state index contributed by atoms with van der Waals surface area (Å²) in [5.74, 6) is -0.195. The molecule has 0 saturated heterocycles. The lowest BCUT2D eigenvalue weighted by atomic mass is 10.2. The topological polar surface area (TPSA) is 67.2 Å². The minimum Gasteiger partial charge on any atom is -0.472 e. The van der Waals surface area contributed by atoms with E-state index in [2.05, 4.69) is 22.5 Å². The zero-order valence-corrected chi connectivity index (χ0v) is 12.8. The molecular weight excluding hydrogens is 298 g/mol. The molecule has 0 spiro atoms. The monoisotopic (exact) mass is 313 g/mol. The number of benzene rings is 1. The second-order valence-electron chi connectivity index (χ2n) is 4.78. The Balaban J connectivity index is 1.68. The quantitative estimate of drug-likeness (QED) is 0.742. The van der Waals surface area contributed by atoms with Crippen LogP contribution in [0.3, 0.4) is 0 Å². The highest BCUT2D eigenvalue weighted by Gasteiger charge is 2.10. The van der Waals surface area contributed by atoms with Crippen molar-refractivity contribution in [3.05, 3.63) is 65.0 Å². The summed E-state index contributed by atoms with van der Waals surface area (Å²) in [7, 11) is 0. The molecule has 1 amide bonds. The van der Waals surface area contributed by atoms with Gasteiger partial charge in [0.1, 0.15) is 11.3 Å². The van der Waals surface area contributed by atoms with Crippen LogP contribution in [0.5, 0.6) is 0 Å². The lowest BCUT2D eigenvalue weighted by Gasteiger charge is -2.14. The van der Waals surface area contributed by atoms with E-state index in [0.717, 1.165) is 16.4 Å². The van der Waals surface area contributed by atoms with Gasteiger partial charge in [0.05, 0.1) is 17.9 Å². The first-order valence-corrected chi connectivity index (χ1v) is 7.70. The molecule has 0 bridgehead atoms. The van der Waals surface area contributed by atoms with Crippen molar-refractivity contribution in [2.24, 2.45) is 0 Å². The van der Waals surface area contributed by atoms with Crippen LogP contribution in [0.1, 0.15) is 28.3 Å². The fourth-order valence-electron chi connectivity index (χ4n) is 2.04. The minimum absolute atomic E-state index is 0.111. The van der Waals surface area contributed by atoms with E-state index in [-0.39, 0.29) is 11.9 Å². The third-order valence-corrected chi connectivity index (χ3v) is 4.07. The number of amides is 1. The summed E-state index contributed by atoms with van der Waals surface area (Å²) in [4.78, 5) is 16.3. The van der Waals surface area contributed by atoms with Gasteiger partial charge < -0.3 is 15.1 Å². The normalized spacial score (nSPS) is 11.9. The number of hydrogen-bond acceptors (Lipinski definition) is 5. The van der Waals surface area contributed by atoms with Gasteiger partial charge in [0, 0.05) is 23.0 Å². The van der Waals surface area contributed by atoms with Crippen LogP contribution < -0.4 is 10.6 Å². The first-order chi connectivity index (χ1) is 10.7. The van der Waals surface area contributed by atoms with Crippen LogP contribution in [0.2, 0.25) is 0 Å². The minimum atomic E-state index is -0.195. The Labute approximate surface area is 132 Å². The number of thiazole rings is 1. The third-order valence-electron chi connectivity index (χ3n) is 3.11. The number of aromatic nitrogens is 1. The number of hydrogen-bond donors (Lipinski definition) is 2. The maximum Gasteiger partial charge on any atom is 0.258 e. The molecule has 1 atom stereocenters. The number of furan rings is 1. The summed E-state index contributed by atoms with van der Waals surface area (Å²) in [5.41, 5.74) is 2.14. The van der Waals surface area contributed by atoms with Crippen LogP contribution in [0.25, 0.3) is 0 Å². The molecule has 6 heteroatoms. The number of nitrogens with one attached hydrogen (secondary N) is 2. The van der Waals surface area contributed by atoms with E-state index in [4.69, 9.17) is 4.42 Å². The fraction of sp³-hybridized carbons (Fsp3) is 0.125. The van der Waals surface area contributed by atoms with E-state index >= 15 is 0 Å². The molecule has 0 fully saturated rings. The highest BCUT2D eigenvalue weighted by atomic mass is 32.1. The van der Waals surface area contributed by atoms with E-state index in [9.17, 15) is 4.79 Å². The van der Waals surface area contributed by atoms with Crippen molar-refractivity contribution < 1.29 is 9.21 Å². The van der Waals surface area contributed by atoms with Gasteiger partial charge in [0.2, 0.25) is 0 Å².